The smallest absolute Gasteiger partial charge is 0.187 e. The van der Waals surface area contributed by atoms with Crippen LogP contribution in [0, 0.1) is 46.3 Å². The lowest BCUT2D eigenvalue weighted by molar-refractivity contribution is -0.380. The molecule has 9 rings (SSSR count). The molecule has 26 atom stereocenters. The van der Waals surface area contributed by atoms with Crippen LogP contribution in [0.2, 0.25) is 0 Å². The summed E-state index contributed by atoms with van der Waals surface area (Å²) in [5, 5.41) is 96.2. The van der Waals surface area contributed by atoms with E-state index in [1.165, 1.54) is 25.3 Å². The van der Waals surface area contributed by atoms with Crippen LogP contribution in [0.3, 0.4) is 0 Å². The van der Waals surface area contributed by atoms with Crippen molar-refractivity contribution >= 4 is 0 Å². The van der Waals surface area contributed by atoms with E-state index in [9.17, 15) is 46.0 Å². The molecule has 9 aliphatic rings. The van der Waals surface area contributed by atoms with Gasteiger partial charge in [0.1, 0.15) is 67.1 Å². The number of hydrogen-bond acceptors (Lipinski definition) is 17. The predicted molar refractivity (Wildman–Crippen MR) is 214 cm³/mol. The molecule has 0 unspecified atom stereocenters. The summed E-state index contributed by atoms with van der Waals surface area (Å²) in [6, 6.07) is 0. The zero-order chi connectivity index (χ0) is 44.2. The minimum Gasteiger partial charge on any atom is -0.394 e. The first-order valence-corrected chi connectivity index (χ1v) is 23.4. The Hall–Kier alpha value is -0.940. The molecule has 8 fully saturated rings. The molecule has 3 saturated carbocycles. The molecule has 62 heavy (non-hydrogen) atoms. The highest BCUT2D eigenvalue weighted by Crippen LogP contribution is 2.70. The van der Waals surface area contributed by atoms with E-state index in [0.717, 1.165) is 45.1 Å². The second kappa shape index (κ2) is 17.3. The first kappa shape index (κ1) is 46.2. The van der Waals surface area contributed by atoms with Gasteiger partial charge in [-0.3, -0.25) is 0 Å². The van der Waals surface area contributed by atoms with Gasteiger partial charge < -0.3 is 83.9 Å². The highest BCUT2D eigenvalue weighted by atomic mass is 16.8. The lowest BCUT2D eigenvalue weighted by atomic mass is 9.47. The third-order valence-electron chi connectivity index (χ3n) is 17.7. The van der Waals surface area contributed by atoms with Crippen molar-refractivity contribution in [3.8, 4) is 0 Å². The van der Waals surface area contributed by atoms with Gasteiger partial charge in [0.2, 0.25) is 0 Å². The summed E-state index contributed by atoms with van der Waals surface area (Å²) < 4.78 is 48.7. The van der Waals surface area contributed by atoms with Crippen molar-refractivity contribution in [2.24, 2.45) is 46.3 Å². The van der Waals surface area contributed by atoms with Crippen molar-refractivity contribution in [2.75, 3.05) is 19.8 Å². The number of aliphatic hydroxyl groups excluding tert-OH is 9. The van der Waals surface area contributed by atoms with Crippen LogP contribution in [0.25, 0.3) is 0 Å². The van der Waals surface area contributed by atoms with Crippen LogP contribution in [0.15, 0.2) is 11.6 Å². The van der Waals surface area contributed by atoms with Gasteiger partial charge in [-0.1, -0.05) is 39.3 Å². The molecule has 5 saturated heterocycles. The minimum atomic E-state index is -1.86. The van der Waals surface area contributed by atoms with Crippen molar-refractivity contribution in [3.05, 3.63) is 11.6 Å². The fourth-order valence-corrected chi connectivity index (χ4v) is 14.1. The standard InChI is InChI=1S/C45H72O17/c1-19-8-13-45(55-18-19)20(2)30-27(62-45)15-26-24-7-6-22-14-23(9-11-43(22,4)25(24)10-12-44(26,30)5)57-41-36(53)33(50)39(28(16-46)58-41)61-42-37(54)34(51)38(29(17-47)59-42)60-40-35(52)32(49)31(48)21(3)56-40/h6,19-21,23-42,46-54H,7-18H2,1-5H3/t19-,20-,21+,23+,24+,25-,26-,27-,28+,29+,30-,31+,32-,33+,34+,35+,36+,37+,38+,39+,40-,41+,42-,43+,44-,45+/m1/s1. The number of ether oxygens (including phenoxy) is 8. The van der Waals surface area contributed by atoms with E-state index in [-0.39, 0.29) is 23.0 Å². The SMILES string of the molecule is C[C@@H]1CC[C@]2(OC1)O[C@@H]1C[C@@H]3[C@H]4CC=C5C[C@@H](O[C@H]6O[C@@H](CO)[C@H](O[C@H]7O[C@@H](CO)[C@H](O[C@H]8O[C@@H](C)[C@H](O)[C@@H](O)[C@@H]8O)[C@@H](O)[C@@H]7O)[C@@H](O)[C@@H]6O)CC[C@]5(C)[C@@H]4CC[C@@]3(C)[C@@H]1[C@H]2C. The molecule has 17 nitrogen and oxygen atoms in total. The van der Waals surface area contributed by atoms with Crippen molar-refractivity contribution in [2.45, 2.75) is 203 Å². The maximum Gasteiger partial charge on any atom is 0.187 e. The van der Waals surface area contributed by atoms with Gasteiger partial charge in [0.25, 0.3) is 0 Å². The molecule has 354 valence electrons. The summed E-state index contributed by atoms with van der Waals surface area (Å²) in [6.07, 6.45) is -11.5. The largest absolute Gasteiger partial charge is 0.394 e. The summed E-state index contributed by atoms with van der Waals surface area (Å²) >= 11 is 0. The summed E-state index contributed by atoms with van der Waals surface area (Å²) in [7, 11) is 0. The minimum absolute atomic E-state index is 0.0174. The quantitative estimate of drug-likeness (QED) is 0.148. The Morgan fingerprint density at radius 1 is 0.677 bits per heavy atom. The molecular formula is C45H72O17. The Morgan fingerprint density at radius 3 is 1.90 bits per heavy atom. The maximum atomic E-state index is 11.4. The molecule has 17 heteroatoms. The lowest BCUT2D eigenvalue weighted by Crippen LogP contribution is -2.66. The topological polar surface area (TPSA) is 256 Å². The summed E-state index contributed by atoms with van der Waals surface area (Å²) in [4.78, 5) is 0. The molecule has 0 bridgehead atoms. The normalized spacial score (nSPS) is 57.6. The van der Waals surface area contributed by atoms with Crippen LogP contribution in [0.1, 0.15) is 92.4 Å². The molecule has 5 aliphatic heterocycles. The molecular weight excluding hydrogens is 812 g/mol. The number of aliphatic hydroxyl groups is 9. The van der Waals surface area contributed by atoms with Crippen molar-refractivity contribution in [3.63, 3.8) is 0 Å². The first-order valence-electron chi connectivity index (χ1n) is 23.4. The second-order valence-electron chi connectivity index (χ2n) is 21.1. The van der Waals surface area contributed by atoms with Gasteiger partial charge in [-0.05, 0) is 98.7 Å². The number of allylic oxidation sites excluding steroid dienone is 1. The Balaban J connectivity index is 0.815. The Morgan fingerprint density at radius 2 is 1.29 bits per heavy atom. The highest BCUT2D eigenvalue weighted by molar-refractivity contribution is 5.26. The average molecular weight is 885 g/mol. The van der Waals surface area contributed by atoms with Gasteiger partial charge in [0, 0.05) is 12.3 Å². The van der Waals surface area contributed by atoms with E-state index in [2.05, 4.69) is 33.8 Å². The van der Waals surface area contributed by atoms with Crippen LogP contribution >= 0.6 is 0 Å². The van der Waals surface area contributed by atoms with Crippen LogP contribution in [-0.2, 0) is 37.9 Å². The van der Waals surface area contributed by atoms with Crippen molar-refractivity contribution < 1.29 is 83.9 Å². The lowest BCUT2D eigenvalue weighted by Gasteiger charge is -2.58. The Bertz CT molecular complexity index is 1610. The summed E-state index contributed by atoms with van der Waals surface area (Å²) in [5.74, 6) is 2.74. The van der Waals surface area contributed by atoms with E-state index in [4.69, 9.17) is 37.9 Å². The molecule has 0 aromatic carbocycles. The third kappa shape index (κ3) is 7.49. The fourth-order valence-electron chi connectivity index (χ4n) is 14.1. The monoisotopic (exact) mass is 884 g/mol. The van der Waals surface area contributed by atoms with Gasteiger partial charge in [0.15, 0.2) is 24.7 Å². The molecule has 0 aromatic heterocycles. The predicted octanol–water partition coefficient (Wildman–Crippen LogP) is 0.214. The molecule has 0 amide bonds. The zero-order valence-corrected chi connectivity index (χ0v) is 36.6. The summed E-state index contributed by atoms with van der Waals surface area (Å²) in [6.45, 7) is 10.4. The van der Waals surface area contributed by atoms with Crippen LogP contribution < -0.4 is 0 Å². The molecule has 4 aliphatic carbocycles. The number of rotatable bonds is 8. The Kier molecular flexibility index (Phi) is 12.9. The van der Waals surface area contributed by atoms with Gasteiger partial charge >= 0.3 is 0 Å². The molecule has 9 N–H and O–H groups in total. The molecule has 5 heterocycles. The third-order valence-corrected chi connectivity index (χ3v) is 17.7. The van der Waals surface area contributed by atoms with E-state index >= 15 is 0 Å². The Labute approximate surface area is 363 Å². The van der Waals surface area contributed by atoms with Crippen LogP contribution in [0.5, 0.6) is 0 Å². The van der Waals surface area contributed by atoms with E-state index < -0.39 is 111 Å². The van der Waals surface area contributed by atoms with E-state index in [1.54, 1.807) is 0 Å². The van der Waals surface area contributed by atoms with Crippen LogP contribution in [-0.4, -0.2) is 176 Å². The average Bonchev–Trinajstić information content (AvgIpc) is 3.70. The molecule has 0 aromatic rings. The fraction of sp³-hybridized carbons (Fsp3) is 0.956. The van der Waals surface area contributed by atoms with E-state index in [1.807, 2.05) is 0 Å². The number of hydrogen-bond donors (Lipinski definition) is 9. The van der Waals surface area contributed by atoms with Crippen molar-refractivity contribution in [1.82, 2.24) is 0 Å². The highest BCUT2D eigenvalue weighted by Gasteiger charge is 2.69. The van der Waals surface area contributed by atoms with Gasteiger partial charge in [-0.15, -0.1) is 0 Å². The van der Waals surface area contributed by atoms with Gasteiger partial charge in [0.05, 0.1) is 38.1 Å². The first-order chi connectivity index (χ1) is 29.4. The second-order valence-corrected chi connectivity index (χ2v) is 21.1. The number of fused-ring (bicyclic) bond motifs is 7. The zero-order valence-electron chi connectivity index (χ0n) is 36.6. The molecule has 1 spiro atoms. The molecule has 0 radical (unpaired) electrons. The van der Waals surface area contributed by atoms with Gasteiger partial charge in [-0.25, -0.2) is 0 Å². The van der Waals surface area contributed by atoms with Crippen LogP contribution in [0.4, 0.5) is 0 Å². The van der Waals surface area contributed by atoms with Gasteiger partial charge in [-0.2, -0.15) is 0 Å². The maximum absolute atomic E-state index is 11.4. The van der Waals surface area contributed by atoms with E-state index in [0.29, 0.717) is 41.9 Å². The summed E-state index contributed by atoms with van der Waals surface area (Å²) in [5.41, 5.74) is 1.60. The van der Waals surface area contributed by atoms with Crippen molar-refractivity contribution in [1.29, 1.82) is 0 Å².